The molecule has 0 aliphatic heterocycles. The lowest BCUT2D eigenvalue weighted by Gasteiger charge is -2.20. The third-order valence-corrected chi connectivity index (χ3v) is 13.4. The van der Waals surface area contributed by atoms with Gasteiger partial charge in [0.1, 0.15) is 0 Å². The minimum absolute atomic E-state index is 0.0150. The second-order valence-corrected chi connectivity index (χ2v) is 20.0. The number of allylic oxidation sites excluding steroid dienone is 5. The molecule has 0 radical (unpaired) electrons. The van der Waals surface area contributed by atoms with Gasteiger partial charge in [-0.1, -0.05) is 256 Å². The number of aliphatic hydroxyl groups is 2. The van der Waals surface area contributed by atoms with Crippen LogP contribution in [0, 0.1) is 0 Å². The molecular formula is C60H113NO5. The summed E-state index contributed by atoms with van der Waals surface area (Å²) in [7, 11) is 0. The fourth-order valence-corrected chi connectivity index (χ4v) is 8.84. The molecule has 0 spiro atoms. The first-order chi connectivity index (χ1) is 32.5. The summed E-state index contributed by atoms with van der Waals surface area (Å²) in [5.74, 6) is -0.0983. The zero-order chi connectivity index (χ0) is 47.9. The summed E-state index contributed by atoms with van der Waals surface area (Å²) < 4.78 is 5.44. The highest BCUT2D eigenvalue weighted by Gasteiger charge is 2.18. The molecule has 0 aromatic carbocycles. The van der Waals surface area contributed by atoms with Crippen LogP contribution in [0.1, 0.15) is 309 Å². The van der Waals surface area contributed by atoms with Crippen molar-refractivity contribution < 1.29 is 24.5 Å². The average Bonchev–Trinajstić information content (AvgIpc) is 3.32. The van der Waals surface area contributed by atoms with Gasteiger partial charge >= 0.3 is 5.97 Å². The van der Waals surface area contributed by atoms with Gasteiger partial charge in [0.2, 0.25) is 5.91 Å². The van der Waals surface area contributed by atoms with Crippen molar-refractivity contribution in [3.8, 4) is 0 Å². The van der Waals surface area contributed by atoms with Crippen molar-refractivity contribution in [1.29, 1.82) is 0 Å². The Morgan fingerprint density at radius 3 is 1.12 bits per heavy atom. The number of carbonyl (C=O) groups is 2. The van der Waals surface area contributed by atoms with Crippen molar-refractivity contribution in [3.05, 3.63) is 36.5 Å². The highest BCUT2D eigenvalue weighted by atomic mass is 16.5. The summed E-state index contributed by atoms with van der Waals surface area (Å²) in [5.41, 5.74) is 0. The van der Waals surface area contributed by atoms with Gasteiger partial charge in [0.05, 0.1) is 25.4 Å². The molecule has 1 amide bonds. The number of rotatable bonds is 54. The molecule has 0 aliphatic carbocycles. The van der Waals surface area contributed by atoms with Crippen molar-refractivity contribution in [1.82, 2.24) is 5.32 Å². The maximum absolute atomic E-state index is 12.5. The molecule has 2 unspecified atom stereocenters. The number of unbranched alkanes of at least 4 members (excludes halogenated alkanes) is 39. The number of aliphatic hydroxyl groups excluding tert-OH is 2. The summed E-state index contributed by atoms with van der Waals surface area (Å²) in [5, 5.41) is 23.2. The van der Waals surface area contributed by atoms with Gasteiger partial charge in [-0.05, 0) is 77.0 Å². The van der Waals surface area contributed by atoms with Gasteiger partial charge in [0.15, 0.2) is 0 Å². The van der Waals surface area contributed by atoms with Gasteiger partial charge in [0.25, 0.3) is 0 Å². The Bertz CT molecular complexity index is 1070. The summed E-state index contributed by atoms with van der Waals surface area (Å²) in [6.45, 7) is 4.85. The molecule has 6 heteroatoms. The van der Waals surface area contributed by atoms with Crippen molar-refractivity contribution in [2.75, 3.05) is 13.2 Å². The maximum atomic E-state index is 12.5. The van der Waals surface area contributed by atoms with Gasteiger partial charge in [-0.2, -0.15) is 0 Å². The van der Waals surface area contributed by atoms with Crippen LogP contribution in [-0.2, 0) is 14.3 Å². The molecule has 0 fully saturated rings. The number of amides is 1. The van der Waals surface area contributed by atoms with Crippen molar-refractivity contribution >= 4 is 11.9 Å². The van der Waals surface area contributed by atoms with Crippen LogP contribution < -0.4 is 5.32 Å². The highest BCUT2D eigenvalue weighted by Crippen LogP contribution is 2.17. The molecule has 0 aliphatic rings. The lowest BCUT2D eigenvalue weighted by atomic mass is 10.0. The van der Waals surface area contributed by atoms with Crippen LogP contribution >= 0.6 is 0 Å². The minimum atomic E-state index is -0.856. The summed E-state index contributed by atoms with van der Waals surface area (Å²) in [6, 6.07) is -0.641. The van der Waals surface area contributed by atoms with Crippen molar-refractivity contribution in [2.24, 2.45) is 0 Å². The van der Waals surface area contributed by atoms with E-state index in [1.165, 1.54) is 218 Å². The number of nitrogens with one attached hydrogen (secondary N) is 1. The molecule has 0 aromatic heterocycles. The molecular weight excluding hydrogens is 815 g/mol. The first-order valence-corrected chi connectivity index (χ1v) is 29.3. The fraction of sp³-hybridized carbons (Fsp3) is 0.867. The summed E-state index contributed by atoms with van der Waals surface area (Å²) in [6.07, 6.45) is 68.8. The van der Waals surface area contributed by atoms with Crippen LogP contribution in [0.15, 0.2) is 36.5 Å². The number of hydrogen-bond acceptors (Lipinski definition) is 5. The van der Waals surface area contributed by atoms with Gasteiger partial charge in [0, 0.05) is 12.8 Å². The third-order valence-electron chi connectivity index (χ3n) is 13.4. The number of esters is 1. The largest absolute Gasteiger partial charge is 0.466 e. The number of hydrogen-bond donors (Lipinski definition) is 3. The SMILES string of the molecule is CCCC/C=C\CCCCCCCC(=O)OCCCCCCCCC/C=C\CCCCCCCC(=O)NC(CO)C(O)/C=C/CCCCCCCCCCCCCCCCCCCCCC. The molecule has 3 N–H and O–H groups in total. The second-order valence-electron chi connectivity index (χ2n) is 20.0. The van der Waals surface area contributed by atoms with Gasteiger partial charge < -0.3 is 20.3 Å². The first kappa shape index (κ1) is 64.1. The summed E-state index contributed by atoms with van der Waals surface area (Å²) >= 11 is 0. The normalized spacial score (nSPS) is 12.8. The third kappa shape index (κ3) is 51.5. The Labute approximate surface area is 411 Å². The predicted octanol–water partition coefficient (Wildman–Crippen LogP) is 18.0. The van der Waals surface area contributed by atoms with E-state index in [9.17, 15) is 19.8 Å². The minimum Gasteiger partial charge on any atom is -0.466 e. The number of carbonyl (C=O) groups excluding carboxylic acids is 2. The molecule has 66 heavy (non-hydrogen) atoms. The fourth-order valence-electron chi connectivity index (χ4n) is 8.84. The van der Waals surface area contributed by atoms with Gasteiger partial charge in [-0.3, -0.25) is 9.59 Å². The zero-order valence-electron chi connectivity index (χ0n) is 44.2. The Balaban J connectivity index is 3.51. The Kier molecular flexibility index (Phi) is 54.1. The van der Waals surface area contributed by atoms with E-state index in [0.29, 0.717) is 19.4 Å². The van der Waals surface area contributed by atoms with Crippen LogP contribution in [0.4, 0.5) is 0 Å². The van der Waals surface area contributed by atoms with E-state index < -0.39 is 12.1 Å². The zero-order valence-corrected chi connectivity index (χ0v) is 44.2. The Morgan fingerprint density at radius 1 is 0.409 bits per heavy atom. The molecule has 0 saturated carbocycles. The quantitative estimate of drug-likeness (QED) is 0.0321. The van der Waals surface area contributed by atoms with E-state index in [2.05, 4.69) is 43.5 Å². The molecule has 6 nitrogen and oxygen atoms in total. The lowest BCUT2D eigenvalue weighted by molar-refractivity contribution is -0.143. The molecule has 388 valence electrons. The molecule has 2 atom stereocenters. The van der Waals surface area contributed by atoms with E-state index in [-0.39, 0.29) is 18.5 Å². The second kappa shape index (κ2) is 55.7. The summed E-state index contributed by atoms with van der Waals surface area (Å²) in [4.78, 5) is 24.5. The Morgan fingerprint density at radius 2 is 0.727 bits per heavy atom. The van der Waals surface area contributed by atoms with E-state index in [1.807, 2.05) is 6.08 Å². The van der Waals surface area contributed by atoms with Crippen LogP contribution in [0.5, 0.6) is 0 Å². The van der Waals surface area contributed by atoms with Crippen molar-refractivity contribution in [2.45, 2.75) is 321 Å². The molecule has 0 heterocycles. The van der Waals surface area contributed by atoms with Gasteiger partial charge in [-0.25, -0.2) is 0 Å². The molecule has 0 aromatic rings. The average molecular weight is 929 g/mol. The van der Waals surface area contributed by atoms with Crippen molar-refractivity contribution in [3.63, 3.8) is 0 Å². The molecule has 0 bridgehead atoms. The Hall–Kier alpha value is -1.92. The highest BCUT2D eigenvalue weighted by molar-refractivity contribution is 5.76. The van der Waals surface area contributed by atoms with Crippen LogP contribution in [0.2, 0.25) is 0 Å². The standard InChI is InChI=1S/C60H113NO5/c1-3-5-7-9-11-13-15-16-17-18-19-20-21-22-23-26-29-33-36-40-44-48-52-58(63)57(56-62)61-59(64)53-49-45-41-37-34-30-27-24-25-28-31-35-39-43-47-51-55-66-60(65)54-50-46-42-38-32-14-12-10-8-6-4-2/h10,12,24,27,48,52,57-58,62-63H,3-9,11,13-23,25-26,28-47,49-51,53-56H2,1-2H3,(H,61,64)/b12-10-,27-24-,52-48+. The monoisotopic (exact) mass is 928 g/mol. The lowest BCUT2D eigenvalue weighted by Crippen LogP contribution is -2.45. The maximum Gasteiger partial charge on any atom is 0.305 e. The van der Waals surface area contributed by atoms with E-state index in [4.69, 9.17) is 4.74 Å². The topological polar surface area (TPSA) is 95.9 Å². The van der Waals surface area contributed by atoms with E-state index >= 15 is 0 Å². The van der Waals surface area contributed by atoms with E-state index in [1.54, 1.807) is 6.08 Å². The smallest absolute Gasteiger partial charge is 0.305 e. The van der Waals surface area contributed by atoms with E-state index in [0.717, 1.165) is 64.2 Å². The van der Waals surface area contributed by atoms with Gasteiger partial charge in [-0.15, -0.1) is 0 Å². The molecule has 0 saturated heterocycles. The van der Waals surface area contributed by atoms with Crippen LogP contribution in [0.3, 0.4) is 0 Å². The first-order valence-electron chi connectivity index (χ1n) is 29.3. The molecule has 0 rings (SSSR count). The predicted molar refractivity (Wildman–Crippen MR) is 287 cm³/mol. The number of ether oxygens (including phenoxy) is 1. The van der Waals surface area contributed by atoms with Crippen LogP contribution in [0.25, 0.3) is 0 Å². The van der Waals surface area contributed by atoms with Crippen LogP contribution in [-0.4, -0.2) is 47.4 Å².